The topological polar surface area (TPSA) is 15.6 Å². The maximum atomic E-state index is 6.51. The van der Waals surface area contributed by atoms with Crippen LogP contribution < -0.4 is 5.01 Å². The Morgan fingerprint density at radius 3 is 2.17 bits per heavy atom. The molecule has 0 radical (unpaired) electrons. The summed E-state index contributed by atoms with van der Waals surface area (Å²) < 4.78 is 0. The molecule has 1 heterocycles. The fourth-order valence-corrected chi connectivity index (χ4v) is 4.30. The van der Waals surface area contributed by atoms with Crippen molar-refractivity contribution in [1.29, 1.82) is 0 Å². The molecule has 1 aliphatic rings. The highest BCUT2D eigenvalue weighted by atomic mass is 35.5. The van der Waals surface area contributed by atoms with Gasteiger partial charge in [-0.15, -0.1) is 0 Å². The molecule has 146 valence electrons. The smallest absolute Gasteiger partial charge is 0.0845 e. The molecule has 6 heteroatoms. The zero-order valence-electron chi connectivity index (χ0n) is 15.2. The minimum Gasteiger partial charge on any atom is -0.257 e. The van der Waals surface area contributed by atoms with Crippen LogP contribution in [0.25, 0.3) is 6.08 Å². The Hall–Kier alpha value is -1.97. The molecular weight excluding hydrogens is 446 g/mol. The van der Waals surface area contributed by atoms with Crippen molar-refractivity contribution < 1.29 is 0 Å². The van der Waals surface area contributed by atoms with Gasteiger partial charge in [-0.3, -0.25) is 5.01 Å². The Balaban J connectivity index is 1.68. The van der Waals surface area contributed by atoms with E-state index in [2.05, 4.69) is 0 Å². The highest BCUT2D eigenvalue weighted by molar-refractivity contribution is 6.36. The highest BCUT2D eigenvalue weighted by Gasteiger charge is 2.29. The van der Waals surface area contributed by atoms with Gasteiger partial charge in [0.15, 0.2) is 0 Å². The van der Waals surface area contributed by atoms with Crippen molar-refractivity contribution in [2.24, 2.45) is 5.10 Å². The molecule has 3 aromatic carbocycles. The van der Waals surface area contributed by atoms with E-state index in [1.807, 2.05) is 71.8 Å². The summed E-state index contributed by atoms with van der Waals surface area (Å²) in [7, 11) is 0. The van der Waals surface area contributed by atoms with Crippen molar-refractivity contribution in [1.82, 2.24) is 0 Å². The minimum atomic E-state index is -0.0255. The average Bonchev–Trinajstić information content (AvgIpc) is 3.12. The van der Waals surface area contributed by atoms with Crippen molar-refractivity contribution >= 4 is 63.9 Å². The lowest BCUT2D eigenvalue weighted by atomic mass is 10.0. The molecule has 3 aromatic rings. The largest absolute Gasteiger partial charge is 0.257 e. The lowest BCUT2D eigenvalue weighted by Crippen LogP contribution is -2.18. The van der Waals surface area contributed by atoms with Crippen LogP contribution in [0.3, 0.4) is 0 Å². The minimum absolute atomic E-state index is 0.0255. The van der Waals surface area contributed by atoms with Crippen molar-refractivity contribution in [3.8, 4) is 0 Å². The van der Waals surface area contributed by atoms with Gasteiger partial charge in [0, 0.05) is 26.5 Å². The monoisotopic (exact) mass is 460 g/mol. The maximum Gasteiger partial charge on any atom is 0.0845 e. The molecule has 0 saturated heterocycles. The van der Waals surface area contributed by atoms with Gasteiger partial charge < -0.3 is 0 Å². The van der Waals surface area contributed by atoms with Gasteiger partial charge in [-0.05, 0) is 53.6 Å². The predicted octanol–water partition coefficient (Wildman–Crippen LogP) is 8.32. The molecule has 0 spiro atoms. The number of nitrogens with zero attached hydrogens (tertiary/aromatic N) is 2. The second kappa shape index (κ2) is 8.81. The zero-order chi connectivity index (χ0) is 20.4. The molecule has 0 fully saturated rings. The molecule has 1 atom stereocenters. The van der Waals surface area contributed by atoms with E-state index >= 15 is 0 Å². The van der Waals surface area contributed by atoms with E-state index in [4.69, 9.17) is 51.5 Å². The van der Waals surface area contributed by atoms with E-state index in [9.17, 15) is 0 Å². The first-order valence-electron chi connectivity index (χ1n) is 9.01. The fourth-order valence-electron chi connectivity index (χ4n) is 3.29. The number of hydrogen-bond donors (Lipinski definition) is 0. The summed E-state index contributed by atoms with van der Waals surface area (Å²) in [4.78, 5) is 0. The number of hydrogen-bond acceptors (Lipinski definition) is 2. The van der Waals surface area contributed by atoms with Gasteiger partial charge >= 0.3 is 0 Å². The normalized spacial score (nSPS) is 16.5. The molecule has 0 bridgehead atoms. The lowest BCUT2D eigenvalue weighted by molar-refractivity contribution is 0.709. The summed E-state index contributed by atoms with van der Waals surface area (Å²) in [5, 5.41) is 9.30. The Kier molecular flexibility index (Phi) is 6.17. The zero-order valence-corrected chi connectivity index (χ0v) is 18.2. The number of benzene rings is 3. The Morgan fingerprint density at radius 1 is 0.793 bits per heavy atom. The van der Waals surface area contributed by atoms with Crippen LogP contribution in [-0.4, -0.2) is 5.71 Å². The van der Waals surface area contributed by atoms with Crippen molar-refractivity contribution in [3.05, 3.63) is 104 Å². The highest BCUT2D eigenvalue weighted by Crippen LogP contribution is 2.39. The summed E-state index contributed by atoms with van der Waals surface area (Å²) >= 11 is 24.9. The van der Waals surface area contributed by atoms with E-state index in [0.717, 1.165) is 22.5 Å². The van der Waals surface area contributed by atoms with Crippen molar-refractivity contribution in [2.75, 3.05) is 5.01 Å². The molecule has 0 N–H and O–H groups in total. The van der Waals surface area contributed by atoms with Crippen LogP contribution in [-0.2, 0) is 0 Å². The molecule has 0 aliphatic carbocycles. The maximum absolute atomic E-state index is 6.51. The quantitative estimate of drug-likeness (QED) is 0.381. The summed E-state index contributed by atoms with van der Waals surface area (Å²) in [6.45, 7) is 0. The van der Waals surface area contributed by atoms with E-state index < -0.39 is 0 Å². The molecule has 0 amide bonds. The van der Waals surface area contributed by atoms with E-state index in [0.29, 0.717) is 26.5 Å². The van der Waals surface area contributed by atoms with Crippen molar-refractivity contribution in [3.63, 3.8) is 0 Å². The lowest BCUT2D eigenvalue weighted by Gasteiger charge is -2.24. The van der Waals surface area contributed by atoms with Crippen molar-refractivity contribution in [2.45, 2.75) is 12.5 Å². The third-order valence-corrected chi connectivity index (χ3v) is 5.82. The average molecular weight is 462 g/mol. The van der Waals surface area contributed by atoms with Gasteiger partial charge in [-0.25, -0.2) is 0 Å². The Bertz CT molecular complexity index is 1090. The van der Waals surface area contributed by atoms with Gasteiger partial charge in [0.05, 0.1) is 17.4 Å². The van der Waals surface area contributed by atoms with Crippen LogP contribution in [0.4, 0.5) is 5.69 Å². The summed E-state index contributed by atoms with van der Waals surface area (Å²) in [6, 6.07) is 21.0. The SMILES string of the molecule is Clc1ccc(/C=C\C2=NN(c3ccccc3)[C@H](c3ccc(Cl)cc3Cl)C2)c(Cl)c1. The van der Waals surface area contributed by atoms with Gasteiger partial charge in [0.1, 0.15) is 0 Å². The molecule has 0 aromatic heterocycles. The first-order chi connectivity index (χ1) is 14.0. The number of hydrazone groups is 1. The fraction of sp³-hybridized carbons (Fsp3) is 0.0870. The van der Waals surface area contributed by atoms with Gasteiger partial charge in [0.25, 0.3) is 0 Å². The molecular formula is C23H16Cl4N2. The van der Waals surface area contributed by atoms with Crippen LogP contribution in [0.1, 0.15) is 23.6 Å². The second-order valence-corrected chi connectivity index (χ2v) is 8.34. The molecule has 4 rings (SSSR count). The van der Waals surface area contributed by atoms with E-state index in [1.54, 1.807) is 12.1 Å². The first-order valence-corrected chi connectivity index (χ1v) is 10.5. The molecule has 1 aliphatic heterocycles. The number of allylic oxidation sites excluding steroid dienone is 1. The Labute approximate surface area is 190 Å². The third kappa shape index (κ3) is 4.62. The van der Waals surface area contributed by atoms with Gasteiger partial charge in [0.2, 0.25) is 0 Å². The van der Waals surface area contributed by atoms with E-state index in [-0.39, 0.29) is 6.04 Å². The second-order valence-electron chi connectivity index (χ2n) is 6.66. The molecule has 29 heavy (non-hydrogen) atoms. The number of rotatable bonds is 4. The standard InChI is InChI=1S/C23H16Cl4N2/c24-16-8-6-15(21(26)12-16)7-10-18-14-23(20-11-9-17(25)13-22(20)27)29(28-18)19-4-2-1-3-5-19/h1-13,23H,14H2/b10-7-/t23-/m0/s1. The number of anilines is 1. The van der Waals surface area contributed by atoms with Gasteiger partial charge in [-0.2, -0.15) is 5.10 Å². The summed E-state index contributed by atoms with van der Waals surface area (Å²) in [5.74, 6) is 0. The Morgan fingerprint density at radius 2 is 1.48 bits per heavy atom. The third-order valence-electron chi connectivity index (χ3n) is 4.69. The summed E-state index contributed by atoms with van der Waals surface area (Å²) in [5.41, 5.74) is 3.79. The van der Waals surface area contributed by atoms with Crippen LogP contribution >= 0.6 is 46.4 Å². The predicted molar refractivity (Wildman–Crippen MR) is 126 cm³/mol. The van der Waals surface area contributed by atoms with E-state index in [1.165, 1.54) is 0 Å². The molecule has 2 nitrogen and oxygen atoms in total. The van der Waals surface area contributed by atoms with Crippen LogP contribution in [0.2, 0.25) is 20.1 Å². The first kappa shape index (κ1) is 20.3. The molecule has 0 saturated carbocycles. The number of para-hydroxylation sites is 1. The van der Waals surface area contributed by atoms with Crippen LogP contribution in [0, 0.1) is 0 Å². The molecule has 0 unspecified atom stereocenters. The number of halogens is 4. The van der Waals surface area contributed by atoms with Gasteiger partial charge in [-0.1, -0.05) is 82.8 Å². The van der Waals surface area contributed by atoms with Crippen LogP contribution in [0.15, 0.2) is 77.9 Å². The summed E-state index contributed by atoms with van der Waals surface area (Å²) in [6.07, 6.45) is 4.64. The van der Waals surface area contributed by atoms with Crippen LogP contribution in [0.5, 0.6) is 0 Å².